The van der Waals surface area contributed by atoms with Gasteiger partial charge in [0.05, 0.1) is 12.4 Å². The van der Waals surface area contributed by atoms with Crippen molar-refractivity contribution >= 4 is 9.84 Å². The second-order valence-electron chi connectivity index (χ2n) is 7.02. The third kappa shape index (κ3) is 5.49. The Morgan fingerprint density at radius 3 is 2.35 bits per heavy atom. The minimum Gasteiger partial charge on any atom is -0.488 e. The van der Waals surface area contributed by atoms with Gasteiger partial charge in [-0.15, -0.1) is 0 Å². The van der Waals surface area contributed by atoms with Gasteiger partial charge in [0.2, 0.25) is 0 Å². The Hall–Kier alpha value is -3.20. The van der Waals surface area contributed by atoms with Gasteiger partial charge in [-0.05, 0) is 42.8 Å². The average Bonchev–Trinajstić information content (AvgIpc) is 2.67. The van der Waals surface area contributed by atoms with E-state index in [0.29, 0.717) is 22.8 Å². The van der Waals surface area contributed by atoms with Crippen LogP contribution in [0, 0.1) is 11.6 Å². The summed E-state index contributed by atoms with van der Waals surface area (Å²) in [6.45, 7) is 2.02. The predicted octanol–water partition coefficient (Wildman–Crippen LogP) is 4.07. The SMILES string of the molecule is CCOc1cc(-c2cc(CS(C)(=O)=O)ccc2Oc2ccc(F)cc2F)cn(C)c1=O. The van der Waals surface area contributed by atoms with Crippen LogP contribution in [0.1, 0.15) is 12.5 Å². The van der Waals surface area contributed by atoms with Crippen molar-refractivity contribution in [1.82, 2.24) is 4.57 Å². The number of ether oxygens (including phenoxy) is 2. The number of hydrogen-bond donors (Lipinski definition) is 0. The molecule has 2 aromatic carbocycles. The standard InChI is InChI=1S/C22H21F2NO5S/c1-4-29-21-10-15(12-25(2)22(21)26)17-9-14(13-31(3,27)28)5-7-19(17)30-20-8-6-16(23)11-18(20)24/h5-12H,4,13H2,1-3H3. The maximum atomic E-state index is 14.1. The normalized spacial score (nSPS) is 11.4. The molecular formula is C22H21F2NO5S. The number of nitrogens with zero attached hydrogens (tertiary/aromatic N) is 1. The lowest BCUT2D eigenvalue weighted by molar-refractivity contribution is 0.333. The molecular weight excluding hydrogens is 428 g/mol. The van der Waals surface area contributed by atoms with Crippen LogP contribution in [0.2, 0.25) is 0 Å². The lowest BCUT2D eigenvalue weighted by atomic mass is 10.0. The fraction of sp³-hybridized carbons (Fsp3) is 0.227. The zero-order valence-electron chi connectivity index (χ0n) is 17.2. The molecule has 0 fully saturated rings. The lowest BCUT2D eigenvalue weighted by Crippen LogP contribution is -2.18. The topological polar surface area (TPSA) is 74.6 Å². The Balaban J connectivity index is 2.17. The van der Waals surface area contributed by atoms with Crippen molar-refractivity contribution in [2.45, 2.75) is 12.7 Å². The number of aromatic nitrogens is 1. The van der Waals surface area contributed by atoms with E-state index in [0.717, 1.165) is 18.4 Å². The number of benzene rings is 2. The highest BCUT2D eigenvalue weighted by Crippen LogP contribution is 2.36. The first-order chi connectivity index (χ1) is 14.6. The van der Waals surface area contributed by atoms with Crippen LogP contribution in [-0.4, -0.2) is 25.8 Å². The van der Waals surface area contributed by atoms with E-state index >= 15 is 0 Å². The molecule has 3 aromatic rings. The van der Waals surface area contributed by atoms with Gasteiger partial charge < -0.3 is 14.0 Å². The molecule has 0 saturated carbocycles. The summed E-state index contributed by atoms with van der Waals surface area (Å²) in [6.07, 6.45) is 2.66. The second-order valence-corrected chi connectivity index (χ2v) is 9.16. The summed E-state index contributed by atoms with van der Waals surface area (Å²) in [7, 11) is -1.76. The molecule has 1 heterocycles. The fourth-order valence-electron chi connectivity index (χ4n) is 3.05. The van der Waals surface area contributed by atoms with Gasteiger partial charge in [0.25, 0.3) is 5.56 Å². The second kappa shape index (κ2) is 8.89. The molecule has 6 nitrogen and oxygen atoms in total. The zero-order valence-corrected chi connectivity index (χ0v) is 18.0. The minimum absolute atomic E-state index is 0.106. The van der Waals surface area contributed by atoms with Crippen LogP contribution in [0.25, 0.3) is 11.1 Å². The molecule has 31 heavy (non-hydrogen) atoms. The lowest BCUT2D eigenvalue weighted by Gasteiger charge is -2.15. The van der Waals surface area contributed by atoms with Crippen LogP contribution in [-0.2, 0) is 22.6 Å². The van der Waals surface area contributed by atoms with E-state index in [2.05, 4.69) is 0 Å². The monoisotopic (exact) mass is 449 g/mol. The van der Waals surface area contributed by atoms with Crippen LogP contribution in [0.5, 0.6) is 17.2 Å². The first-order valence-electron chi connectivity index (χ1n) is 9.35. The van der Waals surface area contributed by atoms with E-state index in [1.165, 1.54) is 22.9 Å². The van der Waals surface area contributed by atoms with Crippen molar-refractivity contribution in [2.75, 3.05) is 12.9 Å². The molecule has 0 aliphatic rings. The molecule has 1 aromatic heterocycles. The van der Waals surface area contributed by atoms with Gasteiger partial charge in [-0.1, -0.05) is 6.07 Å². The molecule has 0 aliphatic heterocycles. The van der Waals surface area contributed by atoms with Crippen molar-refractivity contribution in [3.05, 3.63) is 76.2 Å². The molecule has 9 heteroatoms. The molecule has 0 aliphatic carbocycles. The third-order valence-corrected chi connectivity index (χ3v) is 5.21. The molecule has 0 unspecified atom stereocenters. The smallest absolute Gasteiger partial charge is 0.292 e. The van der Waals surface area contributed by atoms with Gasteiger partial charge in [-0.3, -0.25) is 4.79 Å². The molecule has 0 amide bonds. The molecule has 0 spiro atoms. The van der Waals surface area contributed by atoms with Gasteiger partial charge >= 0.3 is 0 Å². The first kappa shape index (κ1) is 22.5. The van der Waals surface area contributed by atoms with E-state index in [-0.39, 0.29) is 35.2 Å². The van der Waals surface area contributed by atoms with E-state index in [1.54, 1.807) is 26.1 Å². The van der Waals surface area contributed by atoms with Crippen LogP contribution < -0.4 is 15.0 Å². The highest BCUT2D eigenvalue weighted by atomic mass is 32.2. The van der Waals surface area contributed by atoms with Gasteiger partial charge in [0.1, 0.15) is 11.6 Å². The summed E-state index contributed by atoms with van der Waals surface area (Å²) in [4.78, 5) is 12.3. The minimum atomic E-state index is -3.31. The molecule has 0 bridgehead atoms. The first-order valence-corrected chi connectivity index (χ1v) is 11.4. The van der Waals surface area contributed by atoms with Crippen LogP contribution >= 0.6 is 0 Å². The summed E-state index contributed by atoms with van der Waals surface area (Å²) >= 11 is 0. The number of halogens is 2. The largest absolute Gasteiger partial charge is 0.488 e. The molecule has 0 radical (unpaired) electrons. The van der Waals surface area contributed by atoms with E-state index in [1.807, 2.05) is 0 Å². The summed E-state index contributed by atoms with van der Waals surface area (Å²) in [6, 6.07) is 9.08. The summed E-state index contributed by atoms with van der Waals surface area (Å²) < 4.78 is 63.3. The number of sulfone groups is 1. The van der Waals surface area contributed by atoms with Crippen LogP contribution in [0.4, 0.5) is 8.78 Å². The third-order valence-electron chi connectivity index (χ3n) is 4.35. The molecule has 0 saturated heterocycles. The highest BCUT2D eigenvalue weighted by Gasteiger charge is 2.16. The number of rotatable bonds is 7. The Labute approximate surface area is 178 Å². The van der Waals surface area contributed by atoms with Crippen molar-refractivity contribution in [2.24, 2.45) is 7.05 Å². The average molecular weight is 449 g/mol. The number of hydrogen-bond acceptors (Lipinski definition) is 5. The maximum Gasteiger partial charge on any atom is 0.292 e. The Kier molecular flexibility index (Phi) is 6.45. The van der Waals surface area contributed by atoms with E-state index in [4.69, 9.17) is 9.47 Å². The quantitative estimate of drug-likeness (QED) is 0.544. The highest BCUT2D eigenvalue weighted by molar-refractivity contribution is 7.89. The summed E-state index contributed by atoms with van der Waals surface area (Å²) in [5.41, 5.74) is 1.06. The summed E-state index contributed by atoms with van der Waals surface area (Å²) in [5, 5.41) is 0. The molecule has 0 atom stereocenters. The van der Waals surface area contributed by atoms with Gasteiger partial charge in [-0.25, -0.2) is 17.2 Å². The Morgan fingerprint density at radius 1 is 1.00 bits per heavy atom. The molecule has 3 rings (SSSR count). The van der Waals surface area contributed by atoms with E-state index < -0.39 is 21.5 Å². The fourth-order valence-corrected chi connectivity index (χ4v) is 3.83. The van der Waals surface area contributed by atoms with Crippen molar-refractivity contribution in [3.8, 4) is 28.4 Å². The number of aryl methyl sites for hydroxylation is 1. The maximum absolute atomic E-state index is 14.1. The van der Waals surface area contributed by atoms with Gasteiger partial charge in [0.15, 0.2) is 27.2 Å². The summed E-state index contributed by atoms with van der Waals surface area (Å²) in [5.74, 6) is -1.74. The van der Waals surface area contributed by atoms with Crippen molar-refractivity contribution in [1.29, 1.82) is 0 Å². The van der Waals surface area contributed by atoms with Crippen LogP contribution in [0.3, 0.4) is 0 Å². The van der Waals surface area contributed by atoms with Crippen LogP contribution in [0.15, 0.2) is 53.5 Å². The Morgan fingerprint density at radius 2 is 1.71 bits per heavy atom. The zero-order chi connectivity index (χ0) is 22.8. The van der Waals surface area contributed by atoms with Crippen molar-refractivity contribution in [3.63, 3.8) is 0 Å². The van der Waals surface area contributed by atoms with Crippen molar-refractivity contribution < 1.29 is 26.7 Å². The van der Waals surface area contributed by atoms with Gasteiger partial charge in [-0.2, -0.15) is 0 Å². The number of pyridine rings is 1. The molecule has 0 N–H and O–H groups in total. The predicted molar refractivity (Wildman–Crippen MR) is 113 cm³/mol. The van der Waals surface area contributed by atoms with E-state index in [9.17, 15) is 22.0 Å². The Bertz CT molecular complexity index is 1290. The molecule has 164 valence electrons. The van der Waals surface area contributed by atoms with Gasteiger partial charge in [0, 0.05) is 36.7 Å².